The van der Waals surface area contributed by atoms with Crippen LogP contribution in [-0.4, -0.2) is 24.3 Å². The minimum Gasteiger partial charge on any atom is -0.445 e. The average molecular weight is 216 g/mol. The number of hydrogen-bond donors (Lipinski definition) is 2. The molecule has 0 saturated carbocycles. The Kier molecular flexibility index (Phi) is 5.65. The second kappa shape index (κ2) is 5.95. The molecule has 4 nitrogen and oxygen atoms in total. The predicted octanol–water partition coefficient (Wildman–Crippen LogP) is 1.88. The molecule has 0 fully saturated rings. The molecular formula is C11H24N2O2. The van der Waals surface area contributed by atoms with Crippen molar-refractivity contribution in [1.82, 2.24) is 5.32 Å². The Balaban J connectivity index is 4.02. The van der Waals surface area contributed by atoms with Crippen molar-refractivity contribution in [3.8, 4) is 0 Å². The first-order valence-electron chi connectivity index (χ1n) is 5.43. The lowest BCUT2D eigenvalue weighted by atomic mass is 10.1. The minimum absolute atomic E-state index is 0.188. The molecule has 15 heavy (non-hydrogen) atoms. The van der Waals surface area contributed by atoms with Crippen molar-refractivity contribution in [2.75, 3.05) is 6.54 Å². The second-order valence-electron chi connectivity index (χ2n) is 5.27. The van der Waals surface area contributed by atoms with Crippen molar-refractivity contribution in [2.45, 2.75) is 52.7 Å². The fraction of sp³-hybridized carbons (Fsp3) is 0.909. The summed E-state index contributed by atoms with van der Waals surface area (Å²) in [5.74, 6) is 0.473. The summed E-state index contributed by atoms with van der Waals surface area (Å²) in [6.45, 7) is 10.3. The number of carbonyl (C=O) groups is 1. The summed E-state index contributed by atoms with van der Waals surface area (Å²) in [4.78, 5) is 11.4. The van der Waals surface area contributed by atoms with Gasteiger partial charge in [0, 0.05) is 12.1 Å². The highest BCUT2D eigenvalue weighted by Crippen LogP contribution is 2.08. The second-order valence-corrected chi connectivity index (χ2v) is 5.27. The zero-order valence-corrected chi connectivity index (χ0v) is 10.5. The Bertz CT molecular complexity index is 197. The maximum Gasteiger partial charge on any atom is 0.407 e. The summed E-state index contributed by atoms with van der Waals surface area (Å²) in [6, 6.07) is 0. The third-order valence-corrected chi connectivity index (χ3v) is 1.75. The predicted molar refractivity (Wildman–Crippen MR) is 61.7 cm³/mol. The van der Waals surface area contributed by atoms with Crippen LogP contribution in [0.4, 0.5) is 4.79 Å². The van der Waals surface area contributed by atoms with Gasteiger partial charge >= 0.3 is 6.09 Å². The molecule has 1 amide bonds. The van der Waals surface area contributed by atoms with Gasteiger partial charge in [-0.1, -0.05) is 13.8 Å². The van der Waals surface area contributed by atoms with E-state index in [2.05, 4.69) is 19.2 Å². The molecule has 90 valence electrons. The van der Waals surface area contributed by atoms with Gasteiger partial charge in [0.15, 0.2) is 0 Å². The van der Waals surface area contributed by atoms with Gasteiger partial charge in [-0.25, -0.2) is 4.79 Å². The Morgan fingerprint density at radius 1 is 1.40 bits per heavy atom. The van der Waals surface area contributed by atoms with E-state index in [0.29, 0.717) is 12.5 Å². The molecule has 0 bridgehead atoms. The van der Waals surface area contributed by atoms with Gasteiger partial charge in [0.1, 0.15) is 6.10 Å². The molecule has 0 spiro atoms. The maximum atomic E-state index is 11.4. The van der Waals surface area contributed by atoms with E-state index in [0.717, 1.165) is 6.42 Å². The number of carbonyl (C=O) groups excluding carboxylic acids is 1. The molecular weight excluding hydrogens is 192 g/mol. The summed E-state index contributed by atoms with van der Waals surface area (Å²) in [6.07, 6.45) is 0.222. The van der Waals surface area contributed by atoms with Crippen LogP contribution in [-0.2, 0) is 4.74 Å². The number of rotatable bonds is 4. The SMILES string of the molecule is CC(C)C[C@H](CN)OC(=O)NC(C)(C)C. The van der Waals surface area contributed by atoms with E-state index in [1.165, 1.54) is 0 Å². The Hall–Kier alpha value is -0.770. The molecule has 0 aliphatic carbocycles. The van der Waals surface area contributed by atoms with E-state index in [9.17, 15) is 4.79 Å². The first kappa shape index (κ1) is 14.2. The van der Waals surface area contributed by atoms with E-state index in [4.69, 9.17) is 10.5 Å². The lowest BCUT2D eigenvalue weighted by Crippen LogP contribution is -2.43. The molecule has 3 N–H and O–H groups in total. The molecule has 0 aliphatic heterocycles. The highest BCUT2D eigenvalue weighted by Gasteiger charge is 2.18. The van der Waals surface area contributed by atoms with Gasteiger partial charge in [-0.2, -0.15) is 0 Å². The zero-order chi connectivity index (χ0) is 12.1. The quantitative estimate of drug-likeness (QED) is 0.754. The fourth-order valence-electron chi connectivity index (χ4n) is 1.21. The molecule has 0 radical (unpaired) electrons. The largest absolute Gasteiger partial charge is 0.445 e. The van der Waals surface area contributed by atoms with Crippen LogP contribution in [0.25, 0.3) is 0 Å². The monoisotopic (exact) mass is 216 g/mol. The average Bonchev–Trinajstić information content (AvgIpc) is 1.98. The van der Waals surface area contributed by atoms with E-state index < -0.39 is 6.09 Å². The molecule has 0 aromatic rings. The Morgan fingerprint density at radius 3 is 2.27 bits per heavy atom. The number of nitrogens with one attached hydrogen (secondary N) is 1. The molecule has 0 aromatic heterocycles. The van der Waals surface area contributed by atoms with Gasteiger partial charge < -0.3 is 15.8 Å². The molecule has 0 aliphatic rings. The lowest BCUT2D eigenvalue weighted by molar-refractivity contribution is 0.0839. The minimum atomic E-state index is -0.390. The van der Waals surface area contributed by atoms with Crippen LogP contribution in [0.15, 0.2) is 0 Å². The summed E-state index contributed by atoms with van der Waals surface area (Å²) >= 11 is 0. The zero-order valence-electron chi connectivity index (χ0n) is 10.5. The van der Waals surface area contributed by atoms with E-state index in [-0.39, 0.29) is 11.6 Å². The van der Waals surface area contributed by atoms with Crippen LogP contribution >= 0.6 is 0 Å². The van der Waals surface area contributed by atoms with Crippen LogP contribution < -0.4 is 11.1 Å². The summed E-state index contributed by atoms with van der Waals surface area (Å²) in [5, 5.41) is 2.74. The Labute approximate surface area is 92.6 Å². The van der Waals surface area contributed by atoms with Crippen LogP contribution in [0, 0.1) is 5.92 Å². The number of ether oxygens (including phenoxy) is 1. The number of amides is 1. The molecule has 4 heteroatoms. The van der Waals surface area contributed by atoms with Gasteiger partial charge in [0.25, 0.3) is 0 Å². The third kappa shape index (κ3) is 8.24. The van der Waals surface area contributed by atoms with Crippen molar-refractivity contribution < 1.29 is 9.53 Å². The highest BCUT2D eigenvalue weighted by atomic mass is 16.6. The van der Waals surface area contributed by atoms with Crippen LogP contribution in [0.3, 0.4) is 0 Å². The van der Waals surface area contributed by atoms with Gasteiger partial charge in [0.05, 0.1) is 0 Å². The van der Waals surface area contributed by atoms with Crippen LogP contribution in [0.5, 0.6) is 0 Å². The summed E-state index contributed by atoms with van der Waals surface area (Å²) in [5.41, 5.74) is 5.26. The number of nitrogens with two attached hydrogens (primary N) is 1. The first-order valence-corrected chi connectivity index (χ1v) is 5.43. The fourth-order valence-corrected chi connectivity index (χ4v) is 1.21. The van der Waals surface area contributed by atoms with Gasteiger partial charge in [-0.3, -0.25) is 0 Å². The van der Waals surface area contributed by atoms with E-state index >= 15 is 0 Å². The van der Waals surface area contributed by atoms with Crippen LogP contribution in [0.2, 0.25) is 0 Å². The van der Waals surface area contributed by atoms with Crippen molar-refractivity contribution in [1.29, 1.82) is 0 Å². The van der Waals surface area contributed by atoms with E-state index in [1.54, 1.807) is 0 Å². The molecule has 0 aromatic carbocycles. The lowest BCUT2D eigenvalue weighted by Gasteiger charge is -2.23. The van der Waals surface area contributed by atoms with Gasteiger partial charge in [-0.15, -0.1) is 0 Å². The number of alkyl carbamates (subject to hydrolysis) is 1. The molecule has 0 unspecified atom stereocenters. The van der Waals surface area contributed by atoms with Crippen molar-refractivity contribution >= 4 is 6.09 Å². The van der Waals surface area contributed by atoms with Crippen molar-refractivity contribution in [2.24, 2.45) is 11.7 Å². The first-order chi connectivity index (χ1) is 6.74. The van der Waals surface area contributed by atoms with Gasteiger partial charge in [-0.05, 0) is 33.1 Å². The van der Waals surface area contributed by atoms with Crippen LogP contribution in [0.1, 0.15) is 41.0 Å². The van der Waals surface area contributed by atoms with Crippen molar-refractivity contribution in [3.05, 3.63) is 0 Å². The topological polar surface area (TPSA) is 64.3 Å². The highest BCUT2D eigenvalue weighted by molar-refractivity contribution is 5.68. The number of hydrogen-bond acceptors (Lipinski definition) is 3. The third-order valence-electron chi connectivity index (χ3n) is 1.75. The normalized spacial score (nSPS) is 13.8. The maximum absolute atomic E-state index is 11.4. The standard InChI is InChI=1S/C11H24N2O2/c1-8(2)6-9(7-12)15-10(14)13-11(3,4)5/h8-9H,6-7,12H2,1-5H3,(H,13,14)/t9-/m1/s1. The smallest absolute Gasteiger partial charge is 0.407 e. The van der Waals surface area contributed by atoms with Crippen molar-refractivity contribution in [3.63, 3.8) is 0 Å². The summed E-state index contributed by atoms with van der Waals surface area (Å²) in [7, 11) is 0. The molecule has 0 saturated heterocycles. The molecule has 0 heterocycles. The summed E-state index contributed by atoms with van der Waals surface area (Å²) < 4.78 is 5.21. The molecule has 1 atom stereocenters. The Morgan fingerprint density at radius 2 is 1.93 bits per heavy atom. The van der Waals surface area contributed by atoms with E-state index in [1.807, 2.05) is 20.8 Å². The van der Waals surface area contributed by atoms with Gasteiger partial charge in [0.2, 0.25) is 0 Å². The molecule has 0 rings (SSSR count).